The van der Waals surface area contributed by atoms with Gasteiger partial charge in [-0.3, -0.25) is 16.0 Å². The molecular weight excluding hydrogens is 400 g/mol. The van der Waals surface area contributed by atoms with Gasteiger partial charge in [-0.05, 0) is 35.0 Å². The Labute approximate surface area is 141 Å². The molecule has 0 radical (unpaired) electrons. The minimum atomic E-state index is -0.0702. The topological polar surface area (TPSA) is 65.1 Å². The van der Waals surface area contributed by atoms with E-state index < -0.39 is 0 Å². The average Bonchev–Trinajstić information content (AvgIpc) is 2.70. The summed E-state index contributed by atoms with van der Waals surface area (Å²) >= 11 is 7.04. The molecule has 0 amide bonds. The third-order valence-electron chi connectivity index (χ3n) is 3.43. The van der Waals surface area contributed by atoms with Crippen LogP contribution in [0.2, 0.25) is 0 Å². The zero-order chi connectivity index (χ0) is 15.6. The summed E-state index contributed by atoms with van der Waals surface area (Å²) in [6.45, 7) is 1.97. The molecule has 7 heteroatoms. The van der Waals surface area contributed by atoms with Gasteiger partial charge in [0.2, 0.25) is 0 Å². The van der Waals surface area contributed by atoms with Crippen LogP contribution in [0, 0.1) is 6.92 Å². The predicted octanol–water partition coefficient (Wildman–Crippen LogP) is 3.01. The van der Waals surface area contributed by atoms with Gasteiger partial charge in [0, 0.05) is 23.5 Å². The maximum Gasteiger partial charge on any atom is 0.124 e. The van der Waals surface area contributed by atoms with Gasteiger partial charge in [0.05, 0.1) is 29.0 Å². The molecule has 21 heavy (non-hydrogen) atoms. The van der Waals surface area contributed by atoms with Crippen LogP contribution in [0.1, 0.15) is 23.0 Å². The zero-order valence-corrected chi connectivity index (χ0v) is 15.3. The monoisotopic (exact) mass is 416 g/mol. The van der Waals surface area contributed by atoms with Gasteiger partial charge in [-0.25, -0.2) is 0 Å². The van der Waals surface area contributed by atoms with Crippen molar-refractivity contribution in [1.82, 2.24) is 15.2 Å². The van der Waals surface area contributed by atoms with Crippen molar-refractivity contribution in [3.05, 3.63) is 44.1 Å². The maximum absolute atomic E-state index is 5.76. The van der Waals surface area contributed by atoms with Crippen LogP contribution >= 0.6 is 31.9 Å². The van der Waals surface area contributed by atoms with Gasteiger partial charge < -0.3 is 4.74 Å². The van der Waals surface area contributed by atoms with Gasteiger partial charge in [-0.15, -0.1) is 0 Å². The van der Waals surface area contributed by atoms with Crippen molar-refractivity contribution in [2.45, 2.75) is 19.4 Å². The molecule has 0 bridgehead atoms. The number of hydrogen-bond acceptors (Lipinski definition) is 4. The highest BCUT2D eigenvalue weighted by atomic mass is 79.9. The average molecular weight is 418 g/mol. The first-order chi connectivity index (χ1) is 9.97. The summed E-state index contributed by atoms with van der Waals surface area (Å²) in [7, 11) is 3.59. The molecule has 0 aliphatic heterocycles. The lowest BCUT2D eigenvalue weighted by molar-refractivity contribution is 0.397. The molecule has 0 saturated heterocycles. The first-order valence-corrected chi connectivity index (χ1v) is 8.04. The van der Waals surface area contributed by atoms with Crippen LogP contribution in [0.3, 0.4) is 0 Å². The van der Waals surface area contributed by atoms with E-state index in [1.165, 1.54) is 0 Å². The van der Waals surface area contributed by atoms with Crippen molar-refractivity contribution in [2.75, 3.05) is 7.11 Å². The lowest BCUT2D eigenvalue weighted by atomic mass is 10.0. The number of nitrogens with two attached hydrogens (primary N) is 1. The Hall–Kier alpha value is -0.890. The minimum absolute atomic E-state index is 0.0702. The van der Waals surface area contributed by atoms with Crippen molar-refractivity contribution in [3.63, 3.8) is 0 Å². The first kappa shape index (κ1) is 16.5. The Balaban J connectivity index is 2.36. The fourth-order valence-corrected chi connectivity index (χ4v) is 3.16. The number of nitrogens with one attached hydrogen (secondary N) is 1. The molecule has 0 saturated carbocycles. The third-order valence-corrected chi connectivity index (χ3v) is 4.96. The number of ether oxygens (including phenoxy) is 1. The fraction of sp³-hybridized carbons (Fsp3) is 0.357. The van der Waals surface area contributed by atoms with Crippen LogP contribution in [0.4, 0.5) is 0 Å². The molecular formula is C14H18Br2N4O. The Morgan fingerprint density at radius 2 is 2.14 bits per heavy atom. The highest BCUT2D eigenvalue weighted by Crippen LogP contribution is 2.32. The molecule has 3 N–H and O–H groups in total. The molecule has 0 aliphatic carbocycles. The number of methoxy groups -OCH3 is 1. The molecule has 1 heterocycles. The molecule has 1 aromatic heterocycles. The van der Waals surface area contributed by atoms with Gasteiger partial charge in [0.15, 0.2) is 0 Å². The standard InChI is InChI=1S/C14H18Br2N4O/c1-8-14(16)12(20(2)19-8)7-11(18-17)10-5-4-9(15)6-13(10)21-3/h4-6,11,18H,7,17H2,1-3H3. The van der Waals surface area contributed by atoms with Crippen LogP contribution in [0.5, 0.6) is 5.75 Å². The first-order valence-electron chi connectivity index (χ1n) is 6.45. The van der Waals surface area contributed by atoms with Gasteiger partial charge in [0.25, 0.3) is 0 Å². The van der Waals surface area contributed by atoms with Crippen molar-refractivity contribution >= 4 is 31.9 Å². The van der Waals surface area contributed by atoms with E-state index in [0.29, 0.717) is 6.42 Å². The Morgan fingerprint density at radius 1 is 1.43 bits per heavy atom. The number of nitrogens with zero attached hydrogens (tertiary/aromatic N) is 2. The smallest absolute Gasteiger partial charge is 0.124 e. The number of halogens is 2. The number of benzene rings is 1. The van der Waals surface area contributed by atoms with Crippen molar-refractivity contribution < 1.29 is 4.74 Å². The number of hydrogen-bond donors (Lipinski definition) is 2. The lowest BCUT2D eigenvalue weighted by Crippen LogP contribution is -2.30. The van der Waals surface area contributed by atoms with Crippen molar-refractivity contribution in [2.24, 2.45) is 12.9 Å². The SMILES string of the molecule is COc1cc(Br)ccc1C(Cc1c(Br)c(C)nn1C)NN. The quantitative estimate of drug-likeness (QED) is 0.579. The molecule has 2 aromatic rings. The summed E-state index contributed by atoms with van der Waals surface area (Å²) in [5.41, 5.74) is 5.92. The fourth-order valence-electron chi connectivity index (χ4n) is 2.33. The number of hydrazine groups is 1. The maximum atomic E-state index is 5.76. The molecule has 0 spiro atoms. The van der Waals surface area contributed by atoms with Crippen LogP contribution < -0.4 is 16.0 Å². The van der Waals surface area contributed by atoms with Gasteiger partial charge in [-0.2, -0.15) is 5.10 Å². The summed E-state index contributed by atoms with van der Waals surface area (Å²) in [4.78, 5) is 0. The Morgan fingerprint density at radius 3 is 2.67 bits per heavy atom. The number of aromatic nitrogens is 2. The summed E-state index contributed by atoms with van der Waals surface area (Å²) in [6, 6.07) is 5.85. The Kier molecular flexibility index (Phi) is 5.43. The second kappa shape index (κ2) is 6.91. The molecule has 5 nitrogen and oxygen atoms in total. The van der Waals surface area contributed by atoms with E-state index in [1.807, 2.05) is 36.9 Å². The van der Waals surface area contributed by atoms with E-state index in [-0.39, 0.29) is 6.04 Å². The Bertz CT molecular complexity index is 642. The molecule has 2 rings (SSSR count). The van der Waals surface area contributed by atoms with Crippen LogP contribution in [-0.4, -0.2) is 16.9 Å². The van der Waals surface area contributed by atoms with Gasteiger partial charge >= 0.3 is 0 Å². The van der Waals surface area contributed by atoms with E-state index in [9.17, 15) is 0 Å². The number of rotatable bonds is 5. The molecule has 1 aromatic carbocycles. The predicted molar refractivity (Wildman–Crippen MR) is 90.1 cm³/mol. The van der Waals surface area contributed by atoms with Gasteiger partial charge in [-0.1, -0.05) is 22.0 Å². The summed E-state index contributed by atoms with van der Waals surface area (Å²) < 4.78 is 9.31. The normalized spacial score (nSPS) is 12.5. The van der Waals surface area contributed by atoms with E-state index in [4.69, 9.17) is 10.6 Å². The second-order valence-corrected chi connectivity index (χ2v) is 6.49. The molecule has 114 valence electrons. The summed E-state index contributed by atoms with van der Waals surface area (Å²) in [5.74, 6) is 6.55. The van der Waals surface area contributed by atoms with Crippen molar-refractivity contribution in [1.29, 1.82) is 0 Å². The zero-order valence-electron chi connectivity index (χ0n) is 12.2. The van der Waals surface area contributed by atoms with E-state index in [1.54, 1.807) is 7.11 Å². The molecule has 0 aliphatic rings. The molecule has 1 atom stereocenters. The van der Waals surface area contributed by atoms with Crippen molar-refractivity contribution in [3.8, 4) is 5.75 Å². The van der Waals surface area contributed by atoms with E-state index >= 15 is 0 Å². The van der Waals surface area contributed by atoms with E-state index in [0.717, 1.165) is 31.6 Å². The summed E-state index contributed by atoms with van der Waals surface area (Å²) in [6.07, 6.45) is 0.701. The van der Waals surface area contributed by atoms with Crippen LogP contribution in [0.25, 0.3) is 0 Å². The van der Waals surface area contributed by atoms with Crippen LogP contribution in [-0.2, 0) is 13.5 Å². The summed E-state index contributed by atoms with van der Waals surface area (Å²) in [5, 5.41) is 4.41. The van der Waals surface area contributed by atoms with Crippen LogP contribution in [0.15, 0.2) is 27.1 Å². The highest BCUT2D eigenvalue weighted by Gasteiger charge is 2.20. The van der Waals surface area contributed by atoms with E-state index in [2.05, 4.69) is 42.4 Å². The molecule has 0 fully saturated rings. The lowest BCUT2D eigenvalue weighted by Gasteiger charge is -2.19. The number of aryl methyl sites for hydroxylation is 2. The second-order valence-electron chi connectivity index (χ2n) is 4.78. The van der Waals surface area contributed by atoms with Gasteiger partial charge in [0.1, 0.15) is 5.75 Å². The highest BCUT2D eigenvalue weighted by molar-refractivity contribution is 9.10. The minimum Gasteiger partial charge on any atom is -0.496 e. The largest absolute Gasteiger partial charge is 0.496 e. The third kappa shape index (κ3) is 3.48. The molecule has 1 unspecified atom stereocenters.